The van der Waals surface area contributed by atoms with Crippen molar-refractivity contribution >= 4 is 27.6 Å². The Kier molecular flexibility index (Phi) is 4.89. The van der Waals surface area contributed by atoms with E-state index in [0.29, 0.717) is 0 Å². The van der Waals surface area contributed by atoms with E-state index < -0.39 is 22.0 Å². The van der Waals surface area contributed by atoms with Crippen LogP contribution in [0.4, 0.5) is 0 Å². The number of rotatable bonds is 5. The molecule has 1 atom stereocenters. The van der Waals surface area contributed by atoms with Crippen molar-refractivity contribution in [3.8, 4) is 6.07 Å². The number of carboxylic acids is 1. The van der Waals surface area contributed by atoms with Crippen LogP contribution in [0.15, 0.2) is 23.1 Å². The standard InChI is InChI=1S/C11H11ClN2O4S/c1-2-9(11(15)16)14-19(17,18)10-5-7(6-13)3-4-8(10)12/h3-5,9,14H,2H2,1H3,(H,15,16)/t9-/m1/s1. The summed E-state index contributed by atoms with van der Waals surface area (Å²) in [5.74, 6) is -1.28. The Morgan fingerprint density at radius 2 is 2.21 bits per heavy atom. The molecule has 0 heterocycles. The minimum absolute atomic E-state index is 0.0771. The molecule has 0 aliphatic rings. The normalized spacial score (nSPS) is 12.7. The number of nitrogens with one attached hydrogen (secondary N) is 1. The number of hydrogen-bond acceptors (Lipinski definition) is 4. The summed E-state index contributed by atoms with van der Waals surface area (Å²) in [4.78, 5) is 10.5. The molecular weight excluding hydrogens is 292 g/mol. The van der Waals surface area contributed by atoms with E-state index in [9.17, 15) is 13.2 Å². The van der Waals surface area contributed by atoms with Crippen molar-refractivity contribution in [1.82, 2.24) is 4.72 Å². The van der Waals surface area contributed by atoms with Gasteiger partial charge in [0.05, 0.1) is 16.7 Å². The highest BCUT2D eigenvalue weighted by Gasteiger charge is 2.25. The smallest absolute Gasteiger partial charge is 0.321 e. The highest BCUT2D eigenvalue weighted by atomic mass is 35.5. The molecule has 0 spiro atoms. The van der Waals surface area contributed by atoms with Crippen molar-refractivity contribution in [2.75, 3.05) is 0 Å². The van der Waals surface area contributed by atoms with Crippen LogP contribution in [0.1, 0.15) is 18.9 Å². The summed E-state index contributed by atoms with van der Waals surface area (Å²) < 4.78 is 26.1. The van der Waals surface area contributed by atoms with Crippen molar-refractivity contribution in [2.45, 2.75) is 24.3 Å². The maximum Gasteiger partial charge on any atom is 0.321 e. The van der Waals surface area contributed by atoms with Crippen molar-refractivity contribution in [3.63, 3.8) is 0 Å². The number of nitriles is 1. The predicted molar refractivity (Wildman–Crippen MR) is 68.2 cm³/mol. The highest BCUT2D eigenvalue weighted by Crippen LogP contribution is 2.22. The Labute approximate surface area is 115 Å². The molecule has 0 unspecified atom stereocenters. The van der Waals surface area contributed by atoms with Gasteiger partial charge in [-0.25, -0.2) is 8.42 Å². The monoisotopic (exact) mass is 302 g/mol. The van der Waals surface area contributed by atoms with E-state index in [1.54, 1.807) is 6.07 Å². The molecule has 0 aliphatic heterocycles. The van der Waals surface area contributed by atoms with Crippen LogP contribution in [-0.2, 0) is 14.8 Å². The fourth-order valence-corrected chi connectivity index (χ4v) is 3.14. The summed E-state index contributed by atoms with van der Waals surface area (Å²) in [6.45, 7) is 1.54. The molecule has 19 heavy (non-hydrogen) atoms. The van der Waals surface area contributed by atoms with Gasteiger partial charge in [0.25, 0.3) is 0 Å². The van der Waals surface area contributed by atoms with E-state index in [1.165, 1.54) is 19.1 Å². The molecule has 0 aliphatic carbocycles. The fourth-order valence-electron chi connectivity index (χ4n) is 1.34. The molecule has 0 fully saturated rings. The van der Waals surface area contributed by atoms with Gasteiger partial charge in [0.1, 0.15) is 10.9 Å². The molecule has 1 aromatic rings. The minimum atomic E-state index is -4.09. The SMILES string of the molecule is CC[C@@H](NS(=O)(=O)c1cc(C#N)ccc1Cl)C(=O)O. The lowest BCUT2D eigenvalue weighted by Gasteiger charge is -2.13. The topological polar surface area (TPSA) is 107 Å². The van der Waals surface area contributed by atoms with Gasteiger partial charge in [0, 0.05) is 0 Å². The summed E-state index contributed by atoms with van der Waals surface area (Å²) in [5, 5.41) is 17.5. The first-order valence-electron chi connectivity index (χ1n) is 5.26. The summed E-state index contributed by atoms with van der Waals surface area (Å²) >= 11 is 5.77. The van der Waals surface area contributed by atoms with E-state index in [0.717, 1.165) is 6.07 Å². The zero-order valence-corrected chi connectivity index (χ0v) is 11.5. The fraction of sp³-hybridized carbons (Fsp3) is 0.273. The second-order valence-corrected chi connectivity index (χ2v) is 5.77. The van der Waals surface area contributed by atoms with Crippen LogP contribution >= 0.6 is 11.6 Å². The predicted octanol–water partition coefficient (Wildman–Crippen LogP) is 1.35. The highest BCUT2D eigenvalue weighted by molar-refractivity contribution is 7.89. The molecule has 0 aromatic heterocycles. The van der Waals surface area contributed by atoms with E-state index in [1.807, 2.05) is 4.72 Å². The van der Waals surface area contributed by atoms with Crippen LogP contribution in [0.25, 0.3) is 0 Å². The van der Waals surface area contributed by atoms with Gasteiger partial charge in [-0.3, -0.25) is 4.79 Å². The van der Waals surface area contributed by atoms with Gasteiger partial charge in [-0.05, 0) is 24.6 Å². The Hall–Kier alpha value is -1.62. The number of aliphatic carboxylic acids is 1. The number of carboxylic acid groups (broad SMARTS) is 1. The van der Waals surface area contributed by atoms with Crippen molar-refractivity contribution in [2.24, 2.45) is 0 Å². The first-order chi connectivity index (χ1) is 8.81. The first kappa shape index (κ1) is 15.4. The average molecular weight is 303 g/mol. The number of nitrogens with zero attached hydrogens (tertiary/aromatic N) is 1. The van der Waals surface area contributed by atoms with Crippen LogP contribution < -0.4 is 4.72 Å². The maximum absolute atomic E-state index is 12.0. The molecule has 0 amide bonds. The molecule has 1 aromatic carbocycles. The van der Waals surface area contributed by atoms with E-state index in [-0.39, 0.29) is 21.9 Å². The summed E-state index contributed by atoms with van der Waals surface area (Å²) in [6.07, 6.45) is 0.0874. The minimum Gasteiger partial charge on any atom is -0.480 e. The zero-order valence-electron chi connectivity index (χ0n) is 9.92. The first-order valence-corrected chi connectivity index (χ1v) is 7.12. The third-order valence-corrected chi connectivity index (χ3v) is 4.31. The van der Waals surface area contributed by atoms with Crippen molar-refractivity contribution in [3.05, 3.63) is 28.8 Å². The quantitative estimate of drug-likeness (QED) is 0.853. The third-order valence-electron chi connectivity index (χ3n) is 2.35. The molecule has 0 bridgehead atoms. The molecule has 0 saturated carbocycles. The van der Waals surface area contributed by atoms with Gasteiger partial charge < -0.3 is 5.11 Å². The maximum atomic E-state index is 12.0. The van der Waals surface area contributed by atoms with Crippen LogP contribution in [0.2, 0.25) is 5.02 Å². The van der Waals surface area contributed by atoms with Crippen molar-refractivity contribution in [1.29, 1.82) is 5.26 Å². The van der Waals surface area contributed by atoms with Crippen LogP contribution in [-0.4, -0.2) is 25.5 Å². The lowest BCUT2D eigenvalue weighted by atomic mass is 10.2. The third kappa shape index (κ3) is 3.67. The summed E-state index contributed by atoms with van der Waals surface area (Å²) in [5.41, 5.74) is 0.119. The molecule has 2 N–H and O–H groups in total. The van der Waals surface area contributed by atoms with Gasteiger partial charge in [-0.15, -0.1) is 0 Å². The second kappa shape index (κ2) is 6.02. The van der Waals surface area contributed by atoms with Crippen LogP contribution in [0.3, 0.4) is 0 Å². The number of benzene rings is 1. The molecule has 0 saturated heterocycles. The molecule has 6 nitrogen and oxygen atoms in total. The van der Waals surface area contributed by atoms with E-state index in [4.69, 9.17) is 22.0 Å². The Morgan fingerprint density at radius 3 is 2.68 bits per heavy atom. The second-order valence-electron chi connectivity index (χ2n) is 3.68. The Morgan fingerprint density at radius 1 is 1.58 bits per heavy atom. The average Bonchev–Trinajstić information content (AvgIpc) is 2.36. The van der Waals surface area contributed by atoms with Crippen LogP contribution in [0.5, 0.6) is 0 Å². The largest absolute Gasteiger partial charge is 0.480 e. The number of carbonyl (C=O) groups is 1. The number of sulfonamides is 1. The zero-order chi connectivity index (χ0) is 14.6. The number of halogens is 1. The van der Waals surface area contributed by atoms with Gasteiger partial charge in [-0.2, -0.15) is 9.98 Å². The van der Waals surface area contributed by atoms with E-state index in [2.05, 4.69) is 0 Å². The summed E-state index contributed by atoms with van der Waals surface area (Å²) in [7, 11) is -4.09. The molecular formula is C11H11ClN2O4S. The Bertz CT molecular complexity index is 637. The van der Waals surface area contributed by atoms with E-state index >= 15 is 0 Å². The van der Waals surface area contributed by atoms with Crippen molar-refractivity contribution < 1.29 is 18.3 Å². The van der Waals surface area contributed by atoms with Gasteiger partial charge in [0.2, 0.25) is 10.0 Å². The lowest BCUT2D eigenvalue weighted by Crippen LogP contribution is -2.40. The molecule has 8 heteroatoms. The summed E-state index contributed by atoms with van der Waals surface area (Å²) in [6, 6.07) is 4.29. The molecule has 102 valence electrons. The Balaban J connectivity index is 3.21. The lowest BCUT2D eigenvalue weighted by molar-refractivity contribution is -0.139. The van der Waals surface area contributed by atoms with Gasteiger partial charge >= 0.3 is 5.97 Å². The molecule has 1 rings (SSSR count). The van der Waals surface area contributed by atoms with Crippen LogP contribution in [0, 0.1) is 11.3 Å². The van der Waals surface area contributed by atoms with Gasteiger partial charge in [0.15, 0.2) is 0 Å². The number of hydrogen-bond donors (Lipinski definition) is 2. The van der Waals surface area contributed by atoms with Gasteiger partial charge in [-0.1, -0.05) is 18.5 Å². The molecule has 0 radical (unpaired) electrons.